The Morgan fingerprint density at radius 1 is 1.11 bits per heavy atom. The second kappa shape index (κ2) is 5.62. The molecule has 0 unspecified atom stereocenters. The van der Waals surface area contributed by atoms with Crippen molar-refractivity contribution < 1.29 is 10.0 Å². The van der Waals surface area contributed by atoms with E-state index in [1.54, 1.807) is 12.1 Å². The van der Waals surface area contributed by atoms with E-state index in [0.29, 0.717) is 5.46 Å². The number of hydrogen-bond donors (Lipinski definition) is 2. The predicted octanol–water partition coefficient (Wildman–Crippen LogP) is 1.16. The summed E-state index contributed by atoms with van der Waals surface area (Å²) in [4.78, 5) is 4.21. The molecule has 4 heteroatoms. The lowest BCUT2D eigenvalue weighted by molar-refractivity contribution is 0.425. The van der Waals surface area contributed by atoms with Crippen molar-refractivity contribution in [1.29, 1.82) is 0 Å². The summed E-state index contributed by atoms with van der Waals surface area (Å²) in [6.45, 7) is 3.70. The summed E-state index contributed by atoms with van der Waals surface area (Å²) in [5.74, 6) is 0. The molecule has 0 saturated carbocycles. The van der Waals surface area contributed by atoms with Crippen molar-refractivity contribution in [2.75, 3.05) is 0 Å². The number of allylic oxidation sites excluding steroid dienone is 1. The first-order valence-corrected chi connectivity index (χ1v) is 5.73. The Balaban J connectivity index is 2.22. The van der Waals surface area contributed by atoms with Crippen molar-refractivity contribution in [3.05, 3.63) is 60.8 Å². The van der Waals surface area contributed by atoms with Crippen LogP contribution < -0.4 is 5.46 Å². The van der Waals surface area contributed by atoms with Crippen LogP contribution in [0.5, 0.6) is 0 Å². The van der Waals surface area contributed by atoms with Crippen LogP contribution in [0, 0.1) is 0 Å². The Morgan fingerprint density at radius 3 is 2.33 bits per heavy atom. The molecule has 0 bridgehead atoms. The van der Waals surface area contributed by atoms with Gasteiger partial charge >= 0.3 is 7.12 Å². The molecule has 0 aliphatic heterocycles. The molecule has 90 valence electrons. The quantitative estimate of drug-likeness (QED) is 0.621. The lowest BCUT2D eigenvalue weighted by Gasteiger charge is -2.04. The molecule has 3 nitrogen and oxygen atoms in total. The molecule has 1 aromatic heterocycles. The lowest BCUT2D eigenvalue weighted by Crippen LogP contribution is -2.29. The molecule has 1 heterocycles. The Labute approximate surface area is 107 Å². The molecule has 0 atom stereocenters. The summed E-state index contributed by atoms with van der Waals surface area (Å²) in [6.07, 6.45) is 4.19. The van der Waals surface area contributed by atoms with Gasteiger partial charge in [-0.3, -0.25) is 4.98 Å². The van der Waals surface area contributed by atoms with Gasteiger partial charge in [-0.05, 0) is 18.1 Å². The van der Waals surface area contributed by atoms with Gasteiger partial charge in [0, 0.05) is 17.2 Å². The van der Waals surface area contributed by atoms with E-state index in [1.165, 1.54) is 11.8 Å². The molecule has 1 aromatic carbocycles. The number of hydrogen-bond acceptors (Lipinski definition) is 3. The van der Waals surface area contributed by atoms with Gasteiger partial charge < -0.3 is 10.0 Å². The average Bonchev–Trinajstić information content (AvgIpc) is 2.40. The van der Waals surface area contributed by atoms with E-state index in [4.69, 9.17) is 10.0 Å². The maximum atomic E-state index is 8.99. The molecule has 0 aliphatic carbocycles. The third kappa shape index (κ3) is 2.86. The van der Waals surface area contributed by atoms with Crippen molar-refractivity contribution in [3.8, 4) is 11.3 Å². The van der Waals surface area contributed by atoms with Crippen LogP contribution in [-0.4, -0.2) is 22.2 Å². The Kier molecular flexibility index (Phi) is 3.92. The second-order valence-electron chi connectivity index (χ2n) is 4.04. The lowest BCUT2D eigenvalue weighted by atomic mass is 9.81. The topological polar surface area (TPSA) is 53.4 Å². The third-order valence-electron chi connectivity index (χ3n) is 2.71. The predicted molar refractivity (Wildman–Crippen MR) is 73.4 cm³/mol. The standard InChI is InChI=1S/C14H14BNO2/c1-2-3-11-4-6-12(7-5-11)14-9-8-13(10-16-14)15(17)18/h2,4-10,17-18H,1,3H2. The van der Waals surface area contributed by atoms with Crippen LogP contribution >= 0.6 is 0 Å². The van der Waals surface area contributed by atoms with E-state index < -0.39 is 7.12 Å². The van der Waals surface area contributed by atoms with Gasteiger partial charge in [0.1, 0.15) is 0 Å². The zero-order valence-corrected chi connectivity index (χ0v) is 9.95. The molecular formula is C14H14BNO2. The summed E-state index contributed by atoms with van der Waals surface area (Å²) in [6, 6.07) is 11.5. The van der Waals surface area contributed by atoms with E-state index >= 15 is 0 Å². The maximum absolute atomic E-state index is 8.99. The average molecular weight is 239 g/mol. The van der Waals surface area contributed by atoms with Crippen molar-refractivity contribution in [2.45, 2.75) is 6.42 Å². The minimum atomic E-state index is -1.47. The highest BCUT2D eigenvalue weighted by Crippen LogP contribution is 2.16. The van der Waals surface area contributed by atoms with Crippen molar-refractivity contribution >= 4 is 12.6 Å². The van der Waals surface area contributed by atoms with E-state index in [0.717, 1.165) is 17.7 Å². The summed E-state index contributed by atoms with van der Waals surface area (Å²) in [5.41, 5.74) is 3.41. The molecule has 2 aromatic rings. The van der Waals surface area contributed by atoms with Gasteiger partial charge in [-0.2, -0.15) is 0 Å². The fourth-order valence-corrected chi connectivity index (χ4v) is 1.71. The van der Waals surface area contributed by atoms with Crippen LogP contribution in [0.4, 0.5) is 0 Å². The normalized spacial score (nSPS) is 10.1. The Bertz CT molecular complexity index is 520. The van der Waals surface area contributed by atoms with Crippen molar-refractivity contribution in [1.82, 2.24) is 4.98 Å². The number of nitrogens with zero attached hydrogens (tertiary/aromatic N) is 1. The molecular weight excluding hydrogens is 225 g/mol. The Morgan fingerprint density at radius 2 is 1.83 bits per heavy atom. The van der Waals surface area contributed by atoms with Crippen LogP contribution in [0.15, 0.2) is 55.3 Å². The highest BCUT2D eigenvalue weighted by molar-refractivity contribution is 6.58. The number of benzene rings is 1. The largest absolute Gasteiger partial charge is 0.490 e. The molecule has 0 aliphatic rings. The van der Waals surface area contributed by atoms with Gasteiger partial charge in [-0.1, -0.05) is 36.4 Å². The van der Waals surface area contributed by atoms with Gasteiger partial charge in [0.15, 0.2) is 0 Å². The third-order valence-corrected chi connectivity index (χ3v) is 2.71. The van der Waals surface area contributed by atoms with E-state index in [-0.39, 0.29) is 0 Å². The summed E-state index contributed by atoms with van der Waals surface area (Å²) in [5, 5.41) is 18.0. The molecule has 0 radical (unpaired) electrons. The Hall–Kier alpha value is -1.91. The van der Waals surface area contributed by atoms with Crippen LogP contribution in [0.1, 0.15) is 5.56 Å². The van der Waals surface area contributed by atoms with Crippen LogP contribution in [0.2, 0.25) is 0 Å². The van der Waals surface area contributed by atoms with Crippen molar-refractivity contribution in [2.24, 2.45) is 0 Å². The molecule has 0 spiro atoms. The first-order chi connectivity index (χ1) is 8.70. The SMILES string of the molecule is C=CCc1ccc(-c2ccc(B(O)O)cn2)cc1. The van der Waals surface area contributed by atoms with Gasteiger partial charge in [0.05, 0.1) is 5.69 Å². The minimum Gasteiger partial charge on any atom is -0.423 e. The van der Waals surface area contributed by atoms with Crippen LogP contribution in [0.25, 0.3) is 11.3 Å². The van der Waals surface area contributed by atoms with Crippen LogP contribution in [-0.2, 0) is 6.42 Å². The number of aromatic nitrogens is 1. The summed E-state index contributed by atoms with van der Waals surface area (Å²) >= 11 is 0. The van der Waals surface area contributed by atoms with E-state index in [1.807, 2.05) is 30.3 Å². The fourth-order valence-electron chi connectivity index (χ4n) is 1.71. The minimum absolute atomic E-state index is 0.391. The zero-order chi connectivity index (χ0) is 13.0. The van der Waals surface area contributed by atoms with E-state index in [2.05, 4.69) is 11.6 Å². The van der Waals surface area contributed by atoms with E-state index in [9.17, 15) is 0 Å². The second-order valence-corrected chi connectivity index (χ2v) is 4.04. The first-order valence-electron chi connectivity index (χ1n) is 5.73. The molecule has 18 heavy (non-hydrogen) atoms. The zero-order valence-electron chi connectivity index (χ0n) is 9.95. The molecule has 2 N–H and O–H groups in total. The number of rotatable bonds is 4. The van der Waals surface area contributed by atoms with Gasteiger partial charge in [-0.15, -0.1) is 6.58 Å². The summed E-state index contributed by atoms with van der Waals surface area (Å²) in [7, 11) is -1.47. The smallest absolute Gasteiger partial charge is 0.423 e. The molecule has 0 fully saturated rings. The molecule has 0 saturated heterocycles. The molecule has 0 amide bonds. The fraction of sp³-hybridized carbons (Fsp3) is 0.0714. The van der Waals surface area contributed by atoms with Crippen molar-refractivity contribution in [3.63, 3.8) is 0 Å². The van der Waals surface area contributed by atoms with Gasteiger partial charge in [-0.25, -0.2) is 0 Å². The molecule has 2 rings (SSSR count). The van der Waals surface area contributed by atoms with Crippen LogP contribution in [0.3, 0.4) is 0 Å². The first kappa shape index (κ1) is 12.5. The maximum Gasteiger partial charge on any atom is 0.490 e. The summed E-state index contributed by atoms with van der Waals surface area (Å²) < 4.78 is 0. The van der Waals surface area contributed by atoms with Gasteiger partial charge in [0.25, 0.3) is 0 Å². The monoisotopic (exact) mass is 239 g/mol. The number of pyridine rings is 1. The van der Waals surface area contributed by atoms with Gasteiger partial charge in [0.2, 0.25) is 0 Å². The highest BCUT2D eigenvalue weighted by atomic mass is 16.4. The highest BCUT2D eigenvalue weighted by Gasteiger charge is 2.10.